The summed E-state index contributed by atoms with van der Waals surface area (Å²) in [4.78, 5) is 23.6. The molecule has 0 atom stereocenters. The number of alkyl halides is 2. The maximum absolute atomic E-state index is 16.0. The van der Waals surface area contributed by atoms with E-state index < -0.39 is 56.1 Å². The van der Waals surface area contributed by atoms with Gasteiger partial charge in [-0.1, -0.05) is 19.3 Å². The highest BCUT2D eigenvalue weighted by Crippen LogP contribution is 2.38. The predicted octanol–water partition coefficient (Wildman–Crippen LogP) is 5.79. The third-order valence-electron chi connectivity index (χ3n) is 7.96. The minimum absolute atomic E-state index is 0.211. The second kappa shape index (κ2) is 11.8. The monoisotopic (exact) mass is 597 g/mol. The van der Waals surface area contributed by atoms with Crippen molar-refractivity contribution in [3.05, 3.63) is 40.8 Å². The SMILES string of the molecule is Cc1c(C(=O)N[C@H]2C[C@H](C(=O)O)C2)cc(-c2ccc(S(=O)(=O)NC(C)(C)C)c(C(F)F)c2F)n1CC1CCCCC1. The highest BCUT2D eigenvalue weighted by molar-refractivity contribution is 7.89. The smallest absolute Gasteiger partial charge is 0.306 e. The molecule has 0 unspecified atom stereocenters. The number of nitrogens with zero attached hydrogens (tertiary/aromatic N) is 1. The molecule has 12 heteroatoms. The standard InChI is InChI=1S/C29H38F3N3O5S/c1-16-21(27(36)33-19-12-18(13-19)28(37)38)14-22(35(16)15-17-8-6-5-7-9-17)20-10-11-23(24(25(20)30)26(31)32)41(39,40)34-29(2,3)4/h10-11,14,17-19,26,34H,5-9,12-13,15H2,1-4H3,(H,33,36)(H,37,38)/t18-,19-. The van der Waals surface area contributed by atoms with Crippen molar-refractivity contribution in [2.24, 2.45) is 11.8 Å². The lowest BCUT2D eigenvalue weighted by molar-refractivity contribution is -0.145. The third-order valence-corrected chi connectivity index (χ3v) is 9.78. The van der Waals surface area contributed by atoms with Gasteiger partial charge in [0.15, 0.2) is 0 Å². The Morgan fingerprint density at radius 1 is 1.12 bits per heavy atom. The Bertz CT molecular complexity index is 1420. The molecule has 8 nitrogen and oxygen atoms in total. The molecule has 2 aromatic rings. The van der Waals surface area contributed by atoms with Crippen LogP contribution in [0, 0.1) is 24.6 Å². The van der Waals surface area contributed by atoms with E-state index in [1.54, 1.807) is 32.3 Å². The summed E-state index contributed by atoms with van der Waals surface area (Å²) in [6.45, 7) is 6.82. The molecule has 1 amide bonds. The zero-order chi connectivity index (χ0) is 30.3. The average molecular weight is 598 g/mol. The van der Waals surface area contributed by atoms with Crippen molar-refractivity contribution in [3.63, 3.8) is 0 Å². The number of carboxylic acids is 1. The van der Waals surface area contributed by atoms with Gasteiger partial charge in [-0.3, -0.25) is 9.59 Å². The van der Waals surface area contributed by atoms with Gasteiger partial charge in [0.05, 0.1) is 27.6 Å². The Labute approximate surface area is 238 Å². The molecule has 0 saturated heterocycles. The number of rotatable bonds is 9. The first-order valence-electron chi connectivity index (χ1n) is 14.0. The van der Waals surface area contributed by atoms with E-state index in [9.17, 15) is 26.8 Å². The van der Waals surface area contributed by atoms with Crippen molar-refractivity contribution in [1.82, 2.24) is 14.6 Å². The van der Waals surface area contributed by atoms with Crippen molar-refractivity contribution < 1.29 is 36.3 Å². The molecule has 2 saturated carbocycles. The molecule has 0 radical (unpaired) electrons. The predicted molar refractivity (Wildman–Crippen MR) is 148 cm³/mol. The van der Waals surface area contributed by atoms with E-state index in [2.05, 4.69) is 10.0 Å². The topological polar surface area (TPSA) is 118 Å². The number of carbonyl (C=O) groups excluding carboxylic acids is 1. The maximum atomic E-state index is 16.0. The molecule has 2 fully saturated rings. The zero-order valence-corrected chi connectivity index (χ0v) is 24.6. The molecule has 0 bridgehead atoms. The molecule has 1 aromatic carbocycles. The van der Waals surface area contributed by atoms with Crippen molar-refractivity contribution in [3.8, 4) is 11.3 Å². The van der Waals surface area contributed by atoms with Crippen LogP contribution >= 0.6 is 0 Å². The van der Waals surface area contributed by atoms with Gasteiger partial charge in [-0.25, -0.2) is 26.3 Å². The van der Waals surface area contributed by atoms with Crippen LogP contribution in [-0.2, 0) is 21.4 Å². The molecule has 226 valence electrons. The van der Waals surface area contributed by atoms with Crippen LogP contribution in [0.5, 0.6) is 0 Å². The highest BCUT2D eigenvalue weighted by atomic mass is 32.2. The van der Waals surface area contributed by atoms with Crippen LogP contribution in [0.2, 0.25) is 0 Å². The molecule has 1 aromatic heterocycles. The number of halogens is 3. The van der Waals surface area contributed by atoms with E-state index in [-0.39, 0.29) is 28.8 Å². The molecule has 1 heterocycles. The summed E-state index contributed by atoms with van der Waals surface area (Å²) in [5, 5.41) is 12.0. The fourth-order valence-corrected chi connectivity index (χ4v) is 7.46. The Morgan fingerprint density at radius 3 is 2.32 bits per heavy atom. The second-order valence-corrected chi connectivity index (χ2v) is 14.0. The van der Waals surface area contributed by atoms with Crippen LogP contribution in [-0.4, -0.2) is 41.5 Å². The van der Waals surface area contributed by atoms with Crippen molar-refractivity contribution in [2.45, 2.75) is 102 Å². The number of carboxylic acid groups (broad SMARTS) is 1. The molecule has 0 spiro atoms. The number of sulfonamides is 1. The number of aliphatic carboxylic acids is 1. The van der Waals surface area contributed by atoms with E-state index in [0.29, 0.717) is 25.1 Å². The van der Waals surface area contributed by atoms with Gasteiger partial charge in [0.2, 0.25) is 10.0 Å². The van der Waals surface area contributed by atoms with Crippen LogP contribution < -0.4 is 10.0 Å². The lowest BCUT2D eigenvalue weighted by atomic mass is 9.80. The zero-order valence-electron chi connectivity index (χ0n) is 23.8. The Balaban J connectivity index is 1.77. The maximum Gasteiger partial charge on any atom is 0.306 e. The summed E-state index contributed by atoms with van der Waals surface area (Å²) in [6.07, 6.45) is 2.28. The van der Waals surface area contributed by atoms with Crippen LogP contribution in [0.3, 0.4) is 0 Å². The number of hydrogen-bond donors (Lipinski definition) is 3. The van der Waals surface area contributed by atoms with Crippen LogP contribution in [0.15, 0.2) is 23.1 Å². The fraction of sp³-hybridized carbons (Fsp3) is 0.586. The summed E-state index contributed by atoms with van der Waals surface area (Å²) in [6, 6.07) is 3.31. The van der Waals surface area contributed by atoms with Gasteiger partial charge in [-0.15, -0.1) is 0 Å². The molecule has 4 rings (SSSR count). The fourth-order valence-electron chi connectivity index (χ4n) is 5.83. The summed E-state index contributed by atoms with van der Waals surface area (Å²) >= 11 is 0. The quantitative estimate of drug-likeness (QED) is 0.338. The highest BCUT2D eigenvalue weighted by Gasteiger charge is 2.37. The minimum Gasteiger partial charge on any atom is -0.481 e. The number of aromatic nitrogens is 1. The van der Waals surface area contributed by atoms with Crippen LogP contribution in [0.25, 0.3) is 11.3 Å². The van der Waals surface area contributed by atoms with Gasteiger partial charge < -0.3 is 15.0 Å². The first kappa shape index (κ1) is 31.1. The van der Waals surface area contributed by atoms with E-state index in [4.69, 9.17) is 5.11 Å². The number of benzene rings is 1. The second-order valence-electron chi connectivity index (χ2n) is 12.3. The van der Waals surface area contributed by atoms with Crippen LogP contribution in [0.1, 0.15) is 93.8 Å². The molecular formula is C29H38F3N3O5S. The number of carbonyl (C=O) groups is 2. The number of amides is 1. The Hall–Kier alpha value is -2.86. The molecular weight excluding hydrogens is 559 g/mol. The largest absolute Gasteiger partial charge is 0.481 e. The van der Waals surface area contributed by atoms with Gasteiger partial charge >= 0.3 is 5.97 Å². The summed E-state index contributed by atoms with van der Waals surface area (Å²) in [7, 11) is -4.47. The third kappa shape index (κ3) is 6.80. The van der Waals surface area contributed by atoms with Gasteiger partial charge in [0, 0.05) is 29.4 Å². The van der Waals surface area contributed by atoms with Crippen molar-refractivity contribution in [1.29, 1.82) is 0 Å². The van der Waals surface area contributed by atoms with Gasteiger partial charge in [-0.05, 0) is 77.5 Å². The summed E-state index contributed by atoms with van der Waals surface area (Å²) in [5.74, 6) is -2.99. The lowest BCUT2D eigenvalue weighted by Gasteiger charge is -2.32. The first-order valence-corrected chi connectivity index (χ1v) is 15.5. The van der Waals surface area contributed by atoms with Crippen molar-refractivity contribution in [2.75, 3.05) is 0 Å². The van der Waals surface area contributed by atoms with Gasteiger partial charge in [0.1, 0.15) is 5.82 Å². The first-order chi connectivity index (χ1) is 19.1. The number of nitrogens with one attached hydrogen (secondary N) is 2. The number of hydrogen-bond acceptors (Lipinski definition) is 4. The molecule has 2 aliphatic rings. The molecule has 41 heavy (non-hydrogen) atoms. The average Bonchev–Trinajstić information content (AvgIpc) is 3.15. The summed E-state index contributed by atoms with van der Waals surface area (Å²) < 4.78 is 74.5. The lowest BCUT2D eigenvalue weighted by Crippen LogP contribution is -2.46. The minimum atomic E-state index is -4.47. The van der Waals surface area contributed by atoms with E-state index in [1.165, 1.54) is 12.1 Å². The Morgan fingerprint density at radius 2 is 1.76 bits per heavy atom. The van der Waals surface area contributed by atoms with Gasteiger partial charge in [0.25, 0.3) is 12.3 Å². The van der Waals surface area contributed by atoms with E-state index in [1.807, 2.05) is 0 Å². The van der Waals surface area contributed by atoms with Gasteiger partial charge in [-0.2, -0.15) is 0 Å². The Kier molecular flexibility index (Phi) is 8.94. The molecule has 3 N–H and O–H groups in total. The van der Waals surface area contributed by atoms with E-state index >= 15 is 4.39 Å². The summed E-state index contributed by atoms with van der Waals surface area (Å²) in [5.41, 5.74) is -1.45. The molecule has 0 aliphatic heterocycles. The van der Waals surface area contributed by atoms with Crippen molar-refractivity contribution >= 4 is 21.9 Å². The normalized spacial score (nSPS) is 20.2. The van der Waals surface area contributed by atoms with E-state index in [0.717, 1.165) is 38.2 Å². The van der Waals surface area contributed by atoms with Crippen LogP contribution in [0.4, 0.5) is 13.2 Å². The molecule has 2 aliphatic carbocycles.